The molecule has 3 rings (SSSR count). The van der Waals surface area contributed by atoms with Crippen LogP contribution in [-0.2, 0) is 10.5 Å². The molecule has 3 atom stereocenters. The molecule has 0 aromatic carbocycles. The van der Waals surface area contributed by atoms with E-state index in [1.165, 1.54) is 11.3 Å². The first-order valence-electron chi connectivity index (χ1n) is 6.94. The van der Waals surface area contributed by atoms with E-state index in [0.29, 0.717) is 5.06 Å². The summed E-state index contributed by atoms with van der Waals surface area (Å²) in [5, 5.41) is 12.0. The molecule has 1 fully saturated rings. The number of H-pyrrole nitrogens is 1. The quantitative estimate of drug-likeness (QED) is 0.850. The Hall–Kier alpha value is -1.97. The summed E-state index contributed by atoms with van der Waals surface area (Å²) >= 11 is 1.39. The van der Waals surface area contributed by atoms with Gasteiger partial charge in [-0.1, -0.05) is 0 Å². The second-order valence-electron chi connectivity index (χ2n) is 5.41. The smallest absolute Gasteiger partial charge is 0.330 e. The van der Waals surface area contributed by atoms with Gasteiger partial charge in [-0.25, -0.2) is 4.79 Å². The second-order valence-corrected chi connectivity index (χ2v) is 6.32. The van der Waals surface area contributed by atoms with Gasteiger partial charge in [0.1, 0.15) is 12.2 Å². The predicted octanol–water partition coefficient (Wildman–Crippen LogP) is 0.639. The van der Waals surface area contributed by atoms with Crippen LogP contribution >= 0.6 is 11.3 Å². The lowest BCUT2D eigenvalue weighted by Gasteiger charge is -2.26. The molecule has 2 aromatic rings. The van der Waals surface area contributed by atoms with Crippen molar-refractivity contribution in [1.29, 1.82) is 0 Å². The molecule has 0 radical (unpaired) electrons. The number of aromatic amines is 1. The Balaban J connectivity index is 1.92. The number of halogens is 1. The van der Waals surface area contributed by atoms with Crippen LogP contribution in [0.5, 0.6) is 5.06 Å². The number of aromatic nitrogens is 2. The van der Waals surface area contributed by atoms with Crippen LogP contribution in [0.4, 0.5) is 4.39 Å². The molecule has 7 nitrogen and oxygen atoms in total. The molecule has 3 heterocycles. The third-order valence-corrected chi connectivity index (χ3v) is 4.51. The van der Waals surface area contributed by atoms with E-state index in [0.717, 1.165) is 10.8 Å². The van der Waals surface area contributed by atoms with Crippen molar-refractivity contribution >= 4 is 11.3 Å². The highest BCUT2D eigenvalue weighted by Crippen LogP contribution is 2.36. The van der Waals surface area contributed by atoms with E-state index in [1.54, 1.807) is 13.0 Å². The number of nitrogens with one attached hydrogen (secondary N) is 1. The molecule has 0 unspecified atom stereocenters. The molecule has 0 spiro atoms. The number of thiophene rings is 1. The van der Waals surface area contributed by atoms with Gasteiger partial charge in [0.05, 0.1) is 12.8 Å². The fraction of sp³-hybridized carbons (Fsp3) is 0.429. The molecule has 0 saturated carbocycles. The molecule has 23 heavy (non-hydrogen) atoms. The van der Waals surface area contributed by atoms with Gasteiger partial charge in [-0.3, -0.25) is 14.3 Å². The third kappa shape index (κ3) is 2.94. The molecule has 2 N–H and O–H groups in total. The Kier molecular flexibility index (Phi) is 4.09. The van der Waals surface area contributed by atoms with Gasteiger partial charge in [0.25, 0.3) is 5.56 Å². The minimum atomic E-state index is -1.24. The van der Waals surface area contributed by atoms with E-state index < -0.39 is 35.0 Å². The maximum Gasteiger partial charge on any atom is 0.330 e. The Morgan fingerprint density at radius 3 is 3.04 bits per heavy atom. The summed E-state index contributed by atoms with van der Waals surface area (Å²) in [4.78, 5) is 25.0. The van der Waals surface area contributed by atoms with Gasteiger partial charge in [-0.15, -0.1) is 11.3 Å². The van der Waals surface area contributed by atoms with Crippen LogP contribution in [0.3, 0.4) is 0 Å². The lowest BCUT2D eigenvalue weighted by atomic mass is 10.1. The van der Waals surface area contributed by atoms with Crippen LogP contribution in [0.2, 0.25) is 0 Å². The SMILES string of the molecule is C[C@]1(n2cc(F)c(=O)[nH]c2=O)C[C@H](Oc2cccs2)[C@@H](CO)O1. The summed E-state index contributed by atoms with van der Waals surface area (Å²) in [5.41, 5.74) is -3.11. The highest BCUT2D eigenvalue weighted by molar-refractivity contribution is 7.11. The Morgan fingerprint density at radius 1 is 1.61 bits per heavy atom. The second kappa shape index (κ2) is 5.91. The van der Waals surface area contributed by atoms with Crippen molar-refractivity contribution in [3.8, 4) is 5.06 Å². The molecule has 1 aliphatic heterocycles. The van der Waals surface area contributed by atoms with Gasteiger partial charge >= 0.3 is 5.69 Å². The molecule has 124 valence electrons. The summed E-state index contributed by atoms with van der Waals surface area (Å²) in [6.45, 7) is 1.26. The summed E-state index contributed by atoms with van der Waals surface area (Å²) in [5.74, 6) is -1.09. The van der Waals surface area contributed by atoms with Crippen LogP contribution in [0.1, 0.15) is 13.3 Å². The van der Waals surface area contributed by atoms with Crippen molar-refractivity contribution in [2.24, 2.45) is 0 Å². The zero-order chi connectivity index (χ0) is 16.6. The van der Waals surface area contributed by atoms with Crippen molar-refractivity contribution in [1.82, 2.24) is 9.55 Å². The molecular weight excluding hydrogens is 327 g/mol. The van der Waals surface area contributed by atoms with Gasteiger partial charge in [-0.05, 0) is 24.4 Å². The maximum atomic E-state index is 13.5. The zero-order valence-corrected chi connectivity index (χ0v) is 13.0. The standard InChI is InChI=1S/C14H15FN2O5S/c1-14(17-6-8(15)12(19)16-13(17)20)5-9(10(7-18)22-14)21-11-3-2-4-23-11/h2-4,6,9-10,18H,5,7H2,1H3,(H,16,19,20)/t9-,10+,14+/m0/s1. The van der Waals surface area contributed by atoms with Gasteiger partial charge < -0.3 is 14.6 Å². The molecule has 0 amide bonds. The summed E-state index contributed by atoms with van der Waals surface area (Å²) < 4.78 is 26.0. The zero-order valence-electron chi connectivity index (χ0n) is 12.2. The fourth-order valence-corrected chi connectivity index (χ4v) is 3.29. The number of hydrogen-bond donors (Lipinski definition) is 2. The largest absolute Gasteiger partial charge is 0.478 e. The van der Waals surface area contributed by atoms with Crippen molar-refractivity contribution in [2.75, 3.05) is 6.61 Å². The first-order chi connectivity index (χ1) is 10.9. The van der Waals surface area contributed by atoms with Crippen LogP contribution < -0.4 is 16.0 Å². The lowest BCUT2D eigenvalue weighted by Crippen LogP contribution is -2.43. The molecule has 1 aliphatic rings. The van der Waals surface area contributed by atoms with Gasteiger partial charge in [-0.2, -0.15) is 4.39 Å². The Morgan fingerprint density at radius 2 is 2.39 bits per heavy atom. The van der Waals surface area contributed by atoms with E-state index in [9.17, 15) is 19.1 Å². The number of hydrogen-bond acceptors (Lipinski definition) is 6. The fourth-order valence-electron chi connectivity index (χ4n) is 2.66. The normalized spacial score (nSPS) is 27.3. The van der Waals surface area contributed by atoms with E-state index in [1.807, 2.05) is 16.4 Å². The molecule has 2 aromatic heterocycles. The minimum absolute atomic E-state index is 0.210. The number of rotatable bonds is 4. The molecule has 0 bridgehead atoms. The van der Waals surface area contributed by atoms with Crippen LogP contribution in [0, 0.1) is 5.82 Å². The van der Waals surface area contributed by atoms with Crippen LogP contribution in [0.15, 0.2) is 33.3 Å². The molecular formula is C14H15FN2O5S. The van der Waals surface area contributed by atoms with Gasteiger partial charge in [0.2, 0.25) is 5.82 Å². The van der Waals surface area contributed by atoms with Crippen molar-refractivity contribution < 1.29 is 19.0 Å². The molecule has 9 heteroatoms. The summed E-state index contributed by atoms with van der Waals surface area (Å²) in [7, 11) is 0. The Labute approximate surface area is 133 Å². The van der Waals surface area contributed by atoms with E-state index in [-0.39, 0.29) is 13.0 Å². The number of ether oxygens (including phenoxy) is 2. The van der Waals surface area contributed by atoms with Crippen LogP contribution in [-0.4, -0.2) is 33.5 Å². The average Bonchev–Trinajstić information content (AvgIpc) is 3.11. The summed E-state index contributed by atoms with van der Waals surface area (Å²) in [6, 6.07) is 3.60. The average molecular weight is 342 g/mol. The van der Waals surface area contributed by atoms with E-state index >= 15 is 0 Å². The molecule has 0 aliphatic carbocycles. The highest BCUT2D eigenvalue weighted by atomic mass is 32.1. The van der Waals surface area contributed by atoms with Crippen molar-refractivity contribution in [3.05, 3.63) is 50.4 Å². The first kappa shape index (κ1) is 15.9. The van der Waals surface area contributed by atoms with E-state index in [4.69, 9.17) is 9.47 Å². The topological polar surface area (TPSA) is 93.6 Å². The number of nitrogens with zero attached hydrogens (tertiary/aromatic N) is 1. The summed E-state index contributed by atoms with van der Waals surface area (Å²) in [6.07, 6.45) is -0.167. The van der Waals surface area contributed by atoms with Crippen molar-refractivity contribution in [2.45, 2.75) is 31.3 Å². The van der Waals surface area contributed by atoms with E-state index in [2.05, 4.69) is 0 Å². The Bertz CT molecular complexity index is 802. The van der Waals surface area contributed by atoms with Crippen molar-refractivity contribution in [3.63, 3.8) is 0 Å². The predicted molar refractivity (Wildman–Crippen MR) is 80.2 cm³/mol. The first-order valence-corrected chi connectivity index (χ1v) is 7.82. The number of aliphatic hydroxyl groups is 1. The third-order valence-electron chi connectivity index (χ3n) is 3.75. The monoisotopic (exact) mass is 342 g/mol. The highest BCUT2D eigenvalue weighted by Gasteiger charge is 2.46. The minimum Gasteiger partial charge on any atom is -0.478 e. The molecule has 1 saturated heterocycles. The maximum absolute atomic E-state index is 13.5. The van der Waals surface area contributed by atoms with Crippen LogP contribution in [0.25, 0.3) is 0 Å². The van der Waals surface area contributed by atoms with Gasteiger partial charge in [0, 0.05) is 6.42 Å². The van der Waals surface area contributed by atoms with Gasteiger partial charge in [0.15, 0.2) is 10.8 Å². The number of aliphatic hydroxyl groups excluding tert-OH is 1. The lowest BCUT2D eigenvalue weighted by molar-refractivity contribution is -0.106.